The highest BCUT2D eigenvalue weighted by Gasteiger charge is 2.53. The number of nitrogens with zero attached hydrogens (tertiary/aromatic N) is 5. The number of thiazole rings is 1. The number of nitrogens with one attached hydrogen (secondary N) is 1. The Morgan fingerprint density at radius 2 is 2.05 bits per heavy atom. The Hall–Kier alpha value is -3.88. The number of carbonyl (C=O) groups is 3. The van der Waals surface area contributed by atoms with Crippen LogP contribution in [0.5, 0.6) is 0 Å². The molecule has 0 aliphatic carbocycles. The number of fused-ring (bicyclic) bond motifs is 1. The van der Waals surface area contributed by atoms with Gasteiger partial charge in [-0.05, 0) is 44.9 Å². The number of carboxylic acid groups (broad SMARTS) is 1. The van der Waals surface area contributed by atoms with Crippen LogP contribution in [0.15, 0.2) is 46.0 Å². The minimum Gasteiger partial charge on any atom is -0.481 e. The van der Waals surface area contributed by atoms with Crippen molar-refractivity contribution in [3.05, 3.63) is 63.0 Å². The number of aliphatic hydroxyl groups is 1. The predicted molar refractivity (Wildman–Crippen MR) is 161 cm³/mol. The molecule has 5 rings (SSSR count). The quantitative estimate of drug-likeness (QED) is 0.338. The first kappa shape index (κ1) is 31.5. The average Bonchev–Trinajstić information content (AvgIpc) is 3.61. The van der Waals surface area contributed by atoms with Crippen LogP contribution in [0.4, 0.5) is 9.18 Å². The Balaban J connectivity index is 1.50. The van der Waals surface area contributed by atoms with Crippen LogP contribution in [-0.4, -0.2) is 112 Å². The maximum atomic E-state index is 14.8. The van der Waals surface area contributed by atoms with Gasteiger partial charge in [-0.2, -0.15) is 0 Å². The SMILES string of the molecule is CCOC(=O)C1=C(CN2CCN3C(=O)N(CC(C)(C)C(=O)O)CC3(CO)C2)NC(c2nccs2)=NC1c1cccc(F)c1C. The van der Waals surface area contributed by atoms with Crippen molar-refractivity contribution >= 4 is 35.1 Å². The van der Waals surface area contributed by atoms with Crippen LogP contribution in [0.25, 0.3) is 0 Å². The number of ether oxygens (including phenoxy) is 1. The lowest BCUT2D eigenvalue weighted by atomic mass is 9.91. The van der Waals surface area contributed by atoms with Crippen molar-refractivity contribution in [1.29, 1.82) is 0 Å². The van der Waals surface area contributed by atoms with E-state index in [0.29, 0.717) is 40.8 Å². The van der Waals surface area contributed by atoms with Gasteiger partial charge in [0.25, 0.3) is 0 Å². The van der Waals surface area contributed by atoms with Crippen LogP contribution in [-0.2, 0) is 14.3 Å². The highest BCUT2D eigenvalue weighted by atomic mass is 32.1. The lowest BCUT2D eigenvalue weighted by Crippen LogP contribution is -2.63. The lowest BCUT2D eigenvalue weighted by Gasteiger charge is -2.45. The molecule has 0 spiro atoms. The molecule has 1 aromatic heterocycles. The van der Waals surface area contributed by atoms with Gasteiger partial charge in [-0.1, -0.05) is 12.1 Å². The van der Waals surface area contributed by atoms with Crippen molar-refractivity contribution < 1.29 is 33.7 Å². The number of benzene rings is 1. The zero-order valence-corrected chi connectivity index (χ0v) is 26.0. The summed E-state index contributed by atoms with van der Waals surface area (Å²) in [6, 6.07) is 3.51. The fraction of sp³-hybridized carbons (Fsp3) is 0.500. The number of hydrogen-bond acceptors (Lipinski definition) is 10. The molecule has 44 heavy (non-hydrogen) atoms. The monoisotopic (exact) mass is 628 g/mol. The number of carbonyl (C=O) groups excluding carboxylic acids is 2. The molecule has 1 aromatic carbocycles. The number of aliphatic carboxylic acids is 1. The number of piperazine rings is 1. The number of halogens is 1. The zero-order chi connectivity index (χ0) is 31.8. The number of aromatic nitrogens is 1. The minimum atomic E-state index is -1.17. The largest absolute Gasteiger partial charge is 0.481 e. The summed E-state index contributed by atoms with van der Waals surface area (Å²) in [5, 5.41) is 26.0. The van der Waals surface area contributed by atoms with Crippen molar-refractivity contribution in [1.82, 2.24) is 25.0 Å². The minimum absolute atomic E-state index is 0.00142. The van der Waals surface area contributed by atoms with E-state index in [1.165, 1.54) is 22.3 Å². The Kier molecular flexibility index (Phi) is 8.78. The molecule has 2 unspecified atom stereocenters. The average molecular weight is 629 g/mol. The first-order valence-electron chi connectivity index (χ1n) is 14.4. The summed E-state index contributed by atoms with van der Waals surface area (Å²) in [7, 11) is 0. The van der Waals surface area contributed by atoms with Gasteiger partial charge >= 0.3 is 18.0 Å². The number of amides is 2. The summed E-state index contributed by atoms with van der Waals surface area (Å²) in [5.74, 6) is -1.58. The van der Waals surface area contributed by atoms with E-state index in [4.69, 9.17) is 9.73 Å². The zero-order valence-electron chi connectivity index (χ0n) is 25.2. The third-order valence-electron chi connectivity index (χ3n) is 8.42. The molecule has 2 aromatic rings. The normalized spacial score (nSPS) is 22.5. The number of esters is 1. The van der Waals surface area contributed by atoms with E-state index in [0.717, 1.165) is 0 Å². The fourth-order valence-electron chi connectivity index (χ4n) is 6.06. The molecule has 3 aliphatic rings. The van der Waals surface area contributed by atoms with Crippen LogP contribution in [0.3, 0.4) is 0 Å². The second kappa shape index (κ2) is 12.3. The molecular formula is C30H37FN6O6S. The molecule has 2 saturated heterocycles. The van der Waals surface area contributed by atoms with E-state index < -0.39 is 34.8 Å². The van der Waals surface area contributed by atoms with Crippen LogP contribution < -0.4 is 5.32 Å². The summed E-state index contributed by atoms with van der Waals surface area (Å²) in [4.78, 5) is 53.0. The lowest BCUT2D eigenvalue weighted by molar-refractivity contribution is -0.147. The Bertz CT molecular complexity index is 1510. The van der Waals surface area contributed by atoms with Crippen molar-refractivity contribution in [3.63, 3.8) is 0 Å². The molecule has 2 fully saturated rings. The van der Waals surface area contributed by atoms with Gasteiger partial charge in [-0.25, -0.2) is 19.0 Å². The number of rotatable bonds is 10. The molecule has 14 heteroatoms. The number of urea groups is 1. The molecular weight excluding hydrogens is 591 g/mol. The van der Waals surface area contributed by atoms with Gasteiger partial charge in [0, 0.05) is 56.5 Å². The third kappa shape index (κ3) is 5.81. The summed E-state index contributed by atoms with van der Waals surface area (Å²) in [6.07, 6.45) is 1.65. The molecule has 0 bridgehead atoms. The Morgan fingerprint density at radius 1 is 1.27 bits per heavy atom. The van der Waals surface area contributed by atoms with Crippen LogP contribution >= 0.6 is 11.3 Å². The molecule has 0 radical (unpaired) electrons. The second-order valence-electron chi connectivity index (χ2n) is 12.0. The second-order valence-corrected chi connectivity index (χ2v) is 12.9. The molecule has 12 nitrogen and oxygen atoms in total. The van der Waals surface area contributed by atoms with E-state index in [1.54, 1.807) is 50.9 Å². The highest BCUT2D eigenvalue weighted by Crippen LogP contribution is 2.37. The van der Waals surface area contributed by atoms with Gasteiger partial charge < -0.3 is 30.1 Å². The predicted octanol–water partition coefficient (Wildman–Crippen LogP) is 2.39. The number of carboxylic acids is 1. The van der Waals surface area contributed by atoms with Gasteiger partial charge in [0.1, 0.15) is 11.9 Å². The van der Waals surface area contributed by atoms with Gasteiger partial charge in [0.15, 0.2) is 10.8 Å². The molecule has 4 heterocycles. The van der Waals surface area contributed by atoms with Crippen molar-refractivity contribution in [3.8, 4) is 0 Å². The van der Waals surface area contributed by atoms with Crippen LogP contribution in [0.2, 0.25) is 0 Å². The van der Waals surface area contributed by atoms with Crippen LogP contribution in [0.1, 0.15) is 42.9 Å². The van der Waals surface area contributed by atoms with E-state index in [-0.39, 0.29) is 51.0 Å². The van der Waals surface area contributed by atoms with Gasteiger partial charge in [-0.15, -0.1) is 11.3 Å². The Morgan fingerprint density at radius 3 is 2.70 bits per heavy atom. The third-order valence-corrected chi connectivity index (χ3v) is 9.20. The number of hydrogen-bond donors (Lipinski definition) is 3. The van der Waals surface area contributed by atoms with Crippen molar-refractivity contribution in [2.24, 2.45) is 10.4 Å². The summed E-state index contributed by atoms with van der Waals surface area (Å²) in [6.45, 7) is 7.66. The van der Waals surface area contributed by atoms with E-state index in [2.05, 4.69) is 10.3 Å². The Labute approximate surface area is 258 Å². The van der Waals surface area contributed by atoms with E-state index in [1.807, 2.05) is 10.3 Å². The summed E-state index contributed by atoms with van der Waals surface area (Å²) in [5.41, 5.74) is -0.490. The topological polar surface area (TPSA) is 148 Å². The van der Waals surface area contributed by atoms with Crippen molar-refractivity contribution in [2.45, 2.75) is 39.3 Å². The van der Waals surface area contributed by atoms with Crippen molar-refractivity contribution in [2.75, 3.05) is 52.5 Å². The number of amidine groups is 1. The van der Waals surface area contributed by atoms with Crippen LogP contribution in [0, 0.1) is 18.2 Å². The van der Waals surface area contributed by atoms with E-state index >= 15 is 0 Å². The number of aliphatic hydroxyl groups excluding tert-OH is 1. The summed E-state index contributed by atoms with van der Waals surface area (Å²) >= 11 is 1.37. The van der Waals surface area contributed by atoms with Gasteiger partial charge in [-0.3, -0.25) is 14.7 Å². The maximum Gasteiger partial charge on any atom is 0.338 e. The molecule has 236 valence electrons. The smallest absolute Gasteiger partial charge is 0.338 e. The molecule has 2 atom stereocenters. The maximum absolute atomic E-state index is 14.8. The molecule has 3 aliphatic heterocycles. The first-order chi connectivity index (χ1) is 20.9. The summed E-state index contributed by atoms with van der Waals surface area (Å²) < 4.78 is 20.2. The van der Waals surface area contributed by atoms with Gasteiger partial charge in [0.05, 0.1) is 29.7 Å². The number of aliphatic imine (C=N–C) groups is 1. The van der Waals surface area contributed by atoms with Gasteiger partial charge in [0.2, 0.25) is 0 Å². The van der Waals surface area contributed by atoms with E-state index in [9.17, 15) is 29.0 Å². The highest BCUT2D eigenvalue weighted by molar-refractivity contribution is 7.11. The molecule has 0 saturated carbocycles. The fourth-order valence-corrected chi connectivity index (χ4v) is 6.65. The first-order valence-corrected chi connectivity index (χ1v) is 15.3. The molecule has 3 N–H and O–H groups in total. The standard InChI is InChI=1S/C30H37FN6O6S/c1-5-43-26(39)22-21(33-24(25-32-9-12-44-25)34-23(22)19-7-6-8-20(31)18(19)2)13-35-10-11-37-28(42)36(14-29(3,4)27(40)41)16-30(37,15-35)17-38/h6-9,12,23,38H,5,10-11,13-17H2,1-4H3,(H,33,34)(H,40,41). The molecule has 2 amide bonds.